The van der Waals surface area contributed by atoms with Gasteiger partial charge in [-0.3, -0.25) is 4.79 Å². The zero-order chi connectivity index (χ0) is 9.97. The van der Waals surface area contributed by atoms with Crippen molar-refractivity contribution in [2.75, 3.05) is 18.0 Å². The Bertz CT molecular complexity index is 326. The second kappa shape index (κ2) is 3.82. The first-order valence-corrected chi connectivity index (χ1v) is 5.05. The molecule has 0 spiro atoms. The number of piperidine rings is 1. The predicted octanol–water partition coefficient (Wildman–Crippen LogP) is 1.22. The Balaban J connectivity index is 2.22. The Morgan fingerprint density at radius 3 is 2.64 bits per heavy atom. The Hall–Kier alpha value is -1.32. The van der Waals surface area contributed by atoms with Crippen LogP contribution in [0.5, 0.6) is 0 Å². The highest BCUT2D eigenvalue weighted by Crippen LogP contribution is 2.18. The number of rotatable bonds is 2. The van der Waals surface area contributed by atoms with Crippen molar-refractivity contribution < 1.29 is 4.79 Å². The first-order valence-electron chi connectivity index (χ1n) is 5.05. The molecule has 0 bridgehead atoms. The van der Waals surface area contributed by atoms with Gasteiger partial charge in [-0.05, 0) is 19.3 Å². The monoisotopic (exact) mass is 193 g/mol. The van der Waals surface area contributed by atoms with E-state index in [1.165, 1.54) is 19.3 Å². The van der Waals surface area contributed by atoms with Crippen LogP contribution in [0.1, 0.15) is 29.8 Å². The molecule has 4 nitrogen and oxygen atoms in total. The number of carbonyl (C=O) groups excluding carboxylic acids is 1. The molecule has 1 aliphatic heterocycles. The predicted molar refractivity (Wildman–Crippen MR) is 54.7 cm³/mol. The largest absolute Gasteiger partial charge is 0.342 e. The van der Waals surface area contributed by atoms with Crippen LogP contribution < -0.4 is 4.90 Å². The maximum absolute atomic E-state index is 10.6. The minimum Gasteiger partial charge on any atom is -0.342 e. The number of imidazole rings is 1. The Morgan fingerprint density at radius 1 is 1.36 bits per heavy atom. The summed E-state index contributed by atoms with van der Waals surface area (Å²) in [5.74, 6) is 0.923. The van der Waals surface area contributed by atoms with E-state index in [-0.39, 0.29) is 0 Å². The van der Waals surface area contributed by atoms with E-state index in [9.17, 15) is 4.79 Å². The molecule has 1 fully saturated rings. The van der Waals surface area contributed by atoms with Crippen molar-refractivity contribution in [1.82, 2.24) is 9.55 Å². The third kappa shape index (κ3) is 1.52. The van der Waals surface area contributed by atoms with Crippen molar-refractivity contribution in [2.45, 2.75) is 19.3 Å². The average molecular weight is 193 g/mol. The van der Waals surface area contributed by atoms with Crippen LogP contribution in [0.4, 0.5) is 5.95 Å². The van der Waals surface area contributed by atoms with Gasteiger partial charge in [0, 0.05) is 20.1 Å². The van der Waals surface area contributed by atoms with E-state index >= 15 is 0 Å². The van der Waals surface area contributed by atoms with E-state index in [1.54, 1.807) is 6.20 Å². The molecule has 76 valence electrons. The zero-order valence-corrected chi connectivity index (χ0v) is 8.44. The molecule has 4 heteroatoms. The molecule has 1 saturated heterocycles. The third-order valence-corrected chi connectivity index (χ3v) is 2.76. The fourth-order valence-electron chi connectivity index (χ4n) is 1.91. The van der Waals surface area contributed by atoms with Gasteiger partial charge in [-0.25, -0.2) is 4.98 Å². The zero-order valence-electron chi connectivity index (χ0n) is 8.44. The topological polar surface area (TPSA) is 38.1 Å². The van der Waals surface area contributed by atoms with E-state index in [4.69, 9.17) is 0 Å². The van der Waals surface area contributed by atoms with Crippen molar-refractivity contribution in [3.05, 3.63) is 11.9 Å². The van der Waals surface area contributed by atoms with Crippen LogP contribution in [0, 0.1) is 0 Å². The Labute approximate surface area is 83.5 Å². The maximum atomic E-state index is 10.6. The number of hydrogen-bond donors (Lipinski definition) is 0. The third-order valence-electron chi connectivity index (χ3n) is 2.76. The van der Waals surface area contributed by atoms with Crippen molar-refractivity contribution in [3.8, 4) is 0 Å². The second-order valence-corrected chi connectivity index (χ2v) is 3.71. The summed E-state index contributed by atoms with van der Waals surface area (Å²) in [7, 11) is 1.89. The molecule has 14 heavy (non-hydrogen) atoms. The highest BCUT2D eigenvalue weighted by molar-refractivity contribution is 5.73. The van der Waals surface area contributed by atoms with E-state index in [1.807, 2.05) is 11.6 Å². The minimum absolute atomic E-state index is 0.644. The van der Waals surface area contributed by atoms with Gasteiger partial charge < -0.3 is 9.47 Å². The van der Waals surface area contributed by atoms with Crippen molar-refractivity contribution >= 4 is 12.2 Å². The molecular formula is C10H15N3O. The highest BCUT2D eigenvalue weighted by Gasteiger charge is 2.16. The summed E-state index contributed by atoms with van der Waals surface area (Å²) in [6, 6.07) is 0. The van der Waals surface area contributed by atoms with Gasteiger partial charge in [-0.15, -0.1) is 0 Å². The molecule has 0 aliphatic carbocycles. The van der Waals surface area contributed by atoms with Gasteiger partial charge in [0.1, 0.15) is 5.69 Å². The Morgan fingerprint density at radius 2 is 2.07 bits per heavy atom. The van der Waals surface area contributed by atoms with Crippen molar-refractivity contribution in [2.24, 2.45) is 7.05 Å². The van der Waals surface area contributed by atoms with Crippen LogP contribution >= 0.6 is 0 Å². The van der Waals surface area contributed by atoms with Crippen LogP contribution in [0.3, 0.4) is 0 Å². The van der Waals surface area contributed by atoms with Gasteiger partial charge in [0.25, 0.3) is 0 Å². The molecular weight excluding hydrogens is 178 g/mol. The minimum atomic E-state index is 0.644. The number of carbonyl (C=O) groups is 1. The number of hydrogen-bond acceptors (Lipinski definition) is 3. The molecule has 0 saturated carbocycles. The Kier molecular flexibility index (Phi) is 2.52. The maximum Gasteiger partial charge on any atom is 0.205 e. The molecule has 0 aromatic carbocycles. The lowest BCUT2D eigenvalue weighted by Gasteiger charge is -2.27. The summed E-state index contributed by atoms with van der Waals surface area (Å²) in [5, 5.41) is 0. The molecule has 1 aliphatic rings. The van der Waals surface area contributed by atoms with Crippen LogP contribution in [-0.2, 0) is 7.05 Å². The van der Waals surface area contributed by atoms with E-state index in [2.05, 4.69) is 9.88 Å². The van der Waals surface area contributed by atoms with Gasteiger partial charge in [-0.1, -0.05) is 0 Å². The highest BCUT2D eigenvalue weighted by atomic mass is 16.1. The lowest BCUT2D eigenvalue weighted by molar-refractivity contribution is 0.111. The van der Waals surface area contributed by atoms with E-state index in [0.29, 0.717) is 5.69 Å². The number of aldehydes is 1. The summed E-state index contributed by atoms with van der Waals surface area (Å²) >= 11 is 0. The molecule has 0 radical (unpaired) electrons. The molecule has 0 unspecified atom stereocenters. The fraction of sp³-hybridized carbons (Fsp3) is 0.600. The van der Waals surface area contributed by atoms with Crippen LogP contribution in [0.15, 0.2) is 6.20 Å². The first-order chi connectivity index (χ1) is 6.83. The molecule has 2 rings (SSSR count). The van der Waals surface area contributed by atoms with Crippen molar-refractivity contribution in [1.29, 1.82) is 0 Å². The molecule has 1 aromatic heterocycles. The second-order valence-electron chi connectivity index (χ2n) is 3.71. The van der Waals surface area contributed by atoms with Gasteiger partial charge in [0.2, 0.25) is 5.95 Å². The lowest BCUT2D eigenvalue weighted by atomic mass is 10.1. The quantitative estimate of drug-likeness (QED) is 0.663. The van der Waals surface area contributed by atoms with Crippen LogP contribution in [0.25, 0.3) is 0 Å². The molecule has 2 heterocycles. The molecule has 1 aromatic rings. The van der Waals surface area contributed by atoms with Gasteiger partial charge >= 0.3 is 0 Å². The molecule has 0 atom stereocenters. The lowest BCUT2D eigenvalue weighted by Crippen LogP contribution is -2.31. The summed E-state index contributed by atoms with van der Waals surface area (Å²) < 4.78 is 1.86. The number of anilines is 1. The summed E-state index contributed by atoms with van der Waals surface area (Å²) in [4.78, 5) is 17.2. The summed E-state index contributed by atoms with van der Waals surface area (Å²) in [6.45, 7) is 2.12. The average Bonchev–Trinajstić information content (AvgIpc) is 2.61. The first kappa shape index (κ1) is 9.24. The van der Waals surface area contributed by atoms with Gasteiger partial charge in [-0.2, -0.15) is 0 Å². The van der Waals surface area contributed by atoms with Crippen molar-refractivity contribution in [3.63, 3.8) is 0 Å². The van der Waals surface area contributed by atoms with Gasteiger partial charge in [0.15, 0.2) is 6.29 Å². The van der Waals surface area contributed by atoms with Crippen LogP contribution in [0.2, 0.25) is 0 Å². The van der Waals surface area contributed by atoms with Gasteiger partial charge in [0.05, 0.1) is 6.20 Å². The number of aromatic nitrogens is 2. The van der Waals surface area contributed by atoms with E-state index < -0.39 is 0 Å². The molecule has 0 N–H and O–H groups in total. The normalized spacial score (nSPS) is 17.1. The standard InChI is InChI=1S/C10H15N3O/c1-12-9(8-14)7-11-10(12)13-5-3-2-4-6-13/h7-8H,2-6H2,1H3. The summed E-state index contributed by atoms with van der Waals surface area (Å²) in [5.41, 5.74) is 0.644. The fourth-order valence-corrected chi connectivity index (χ4v) is 1.91. The SMILES string of the molecule is Cn1c(C=O)cnc1N1CCCCC1. The van der Waals surface area contributed by atoms with Crippen LogP contribution in [-0.4, -0.2) is 28.9 Å². The van der Waals surface area contributed by atoms with E-state index in [0.717, 1.165) is 25.3 Å². The number of nitrogens with zero attached hydrogens (tertiary/aromatic N) is 3. The molecule has 0 amide bonds. The smallest absolute Gasteiger partial charge is 0.205 e. The summed E-state index contributed by atoms with van der Waals surface area (Å²) in [6.07, 6.45) is 6.24.